The molecule has 4 aromatic carbocycles. The Bertz CT molecular complexity index is 1480. The lowest BCUT2D eigenvalue weighted by Gasteiger charge is -2.15. The molecule has 0 fully saturated rings. The van der Waals surface area contributed by atoms with Crippen LogP contribution in [0.3, 0.4) is 0 Å². The van der Waals surface area contributed by atoms with E-state index in [2.05, 4.69) is 31.9 Å². The summed E-state index contributed by atoms with van der Waals surface area (Å²) in [5.41, 5.74) is 4.63. The monoisotopic (exact) mass is 537 g/mol. The van der Waals surface area contributed by atoms with E-state index in [1.165, 1.54) is 12.1 Å². The first-order valence-electron chi connectivity index (χ1n) is 10.8. The van der Waals surface area contributed by atoms with Crippen molar-refractivity contribution in [3.05, 3.63) is 103 Å². The van der Waals surface area contributed by atoms with Crippen molar-refractivity contribution in [2.24, 2.45) is 0 Å². The van der Waals surface area contributed by atoms with E-state index in [-0.39, 0.29) is 4.90 Å². The van der Waals surface area contributed by atoms with Gasteiger partial charge in [0.05, 0.1) is 12.0 Å². The second kappa shape index (κ2) is 11.9. The Morgan fingerprint density at radius 3 is 1.81 bits per heavy atom. The van der Waals surface area contributed by atoms with Crippen molar-refractivity contribution in [3.63, 3.8) is 0 Å². The lowest BCUT2D eigenvalue weighted by Crippen LogP contribution is -2.02. The third-order valence-electron chi connectivity index (χ3n) is 5.10. The first-order chi connectivity index (χ1) is 17.8. The topological polar surface area (TPSA) is 129 Å². The summed E-state index contributed by atoms with van der Waals surface area (Å²) < 4.78 is 37.8. The summed E-state index contributed by atoms with van der Waals surface area (Å²) in [6, 6.07) is 27.2. The van der Waals surface area contributed by atoms with Gasteiger partial charge in [-0.15, -0.1) is 4.33 Å². The Balaban J connectivity index is 1.65. The number of hydrogen-bond acceptors (Lipinski definition) is 9. The fourth-order valence-corrected chi connectivity index (χ4v) is 4.60. The average molecular weight is 538 g/mol. The van der Waals surface area contributed by atoms with E-state index < -0.39 is 10.1 Å². The zero-order valence-corrected chi connectivity index (χ0v) is 20.9. The minimum atomic E-state index is -4.44. The highest BCUT2D eigenvalue weighted by Crippen LogP contribution is 2.31. The predicted molar refractivity (Wildman–Crippen MR) is 146 cm³/mol. The summed E-state index contributed by atoms with van der Waals surface area (Å²) in [5, 5.41) is 21.8. The fourth-order valence-electron chi connectivity index (χ4n) is 3.52. The van der Waals surface area contributed by atoms with Crippen LogP contribution in [0.25, 0.3) is 6.08 Å². The number of rotatable bonds is 11. The van der Waals surface area contributed by atoms with Crippen LogP contribution in [0, 0.1) is 0 Å². The molecule has 0 saturated carbocycles. The molecule has 190 valence electrons. The van der Waals surface area contributed by atoms with Gasteiger partial charge < -0.3 is 16.0 Å². The molecule has 0 radical (unpaired) electrons. The third kappa shape index (κ3) is 7.33. The van der Waals surface area contributed by atoms with E-state index in [0.717, 1.165) is 39.7 Å². The van der Waals surface area contributed by atoms with E-state index in [0.29, 0.717) is 16.9 Å². The minimum Gasteiger partial charge on any atom is -0.355 e. The van der Waals surface area contributed by atoms with Crippen LogP contribution in [0.4, 0.5) is 34.1 Å². The Morgan fingerprint density at radius 2 is 1.27 bits per heavy atom. The smallest absolute Gasteiger partial charge is 0.295 e. The first-order valence-corrected chi connectivity index (χ1v) is 13.0. The third-order valence-corrected chi connectivity index (χ3v) is 6.60. The zero-order chi connectivity index (χ0) is 26.3. The number of anilines is 6. The van der Waals surface area contributed by atoms with Crippen LogP contribution >= 0.6 is 12.0 Å². The SMILES string of the molecule is C=Cc1ccc(Nc2cc(Nc3ccccc3)cc(Nc3ccc(SOOO)cc3)c2)cc1S(=O)(=O)O. The molecule has 5 N–H and O–H groups in total. The van der Waals surface area contributed by atoms with Crippen LogP contribution in [-0.2, 0) is 19.5 Å². The number of para-hydroxylation sites is 1. The van der Waals surface area contributed by atoms with Gasteiger partial charge in [0.2, 0.25) is 0 Å². The summed E-state index contributed by atoms with van der Waals surface area (Å²) in [7, 11) is -4.44. The van der Waals surface area contributed by atoms with Crippen LogP contribution in [-0.4, -0.2) is 18.2 Å². The fraction of sp³-hybridized carbons (Fsp3) is 0. The molecule has 0 amide bonds. The molecule has 0 saturated heterocycles. The molecule has 0 heterocycles. The molecule has 0 bridgehead atoms. The summed E-state index contributed by atoms with van der Waals surface area (Å²) in [6.07, 6.45) is 1.37. The molecule has 11 heteroatoms. The first kappa shape index (κ1) is 26.2. The molecule has 0 aliphatic heterocycles. The molecule has 0 aliphatic carbocycles. The van der Waals surface area contributed by atoms with Crippen molar-refractivity contribution in [3.8, 4) is 0 Å². The molecule has 9 nitrogen and oxygen atoms in total. The van der Waals surface area contributed by atoms with Crippen molar-refractivity contribution in [2.75, 3.05) is 16.0 Å². The standard InChI is InChI=1S/C26H23N3O6S2/c1-2-18-8-9-21(17-26(18)37(31,32)33)29-24-15-22(27-19-6-4-3-5-7-19)14-23(16-24)28-20-10-12-25(13-11-20)36-35-34-30/h2-17,27-30H,1H2,(H,31,32,33). The van der Waals surface area contributed by atoms with Gasteiger partial charge in [0, 0.05) is 39.0 Å². The molecule has 0 spiro atoms. The van der Waals surface area contributed by atoms with E-state index >= 15 is 0 Å². The van der Waals surface area contributed by atoms with Crippen LogP contribution in [0.1, 0.15) is 5.56 Å². The number of hydrogen-bond donors (Lipinski definition) is 5. The zero-order valence-electron chi connectivity index (χ0n) is 19.3. The van der Waals surface area contributed by atoms with Crippen molar-refractivity contribution >= 4 is 62.4 Å². The van der Waals surface area contributed by atoms with Gasteiger partial charge >= 0.3 is 0 Å². The maximum Gasteiger partial charge on any atom is 0.295 e. The Kier molecular flexibility index (Phi) is 8.46. The van der Waals surface area contributed by atoms with Gasteiger partial charge in [-0.1, -0.05) is 42.0 Å². The second-order valence-electron chi connectivity index (χ2n) is 7.72. The van der Waals surface area contributed by atoms with Gasteiger partial charge in [-0.2, -0.15) is 8.42 Å². The van der Waals surface area contributed by atoms with Gasteiger partial charge in [0.25, 0.3) is 10.1 Å². The molecular weight excluding hydrogens is 514 g/mol. The predicted octanol–water partition coefficient (Wildman–Crippen LogP) is 7.24. The molecular formula is C26H23N3O6S2. The molecule has 37 heavy (non-hydrogen) atoms. The summed E-state index contributed by atoms with van der Waals surface area (Å²) in [4.78, 5) is 0.483. The van der Waals surface area contributed by atoms with Crippen LogP contribution in [0.15, 0.2) is 107 Å². The van der Waals surface area contributed by atoms with Gasteiger partial charge in [0.15, 0.2) is 0 Å². The van der Waals surface area contributed by atoms with Crippen molar-refractivity contribution < 1.29 is 27.6 Å². The largest absolute Gasteiger partial charge is 0.355 e. The van der Waals surface area contributed by atoms with Crippen molar-refractivity contribution in [1.82, 2.24) is 0 Å². The average Bonchev–Trinajstić information content (AvgIpc) is 2.88. The van der Waals surface area contributed by atoms with Crippen molar-refractivity contribution in [1.29, 1.82) is 0 Å². The van der Waals surface area contributed by atoms with Gasteiger partial charge in [-0.05, 0) is 72.3 Å². The normalized spacial score (nSPS) is 11.1. The lowest BCUT2D eigenvalue weighted by molar-refractivity contribution is -0.432. The van der Waals surface area contributed by atoms with Gasteiger partial charge in [-0.25, -0.2) is 5.26 Å². The Labute approximate surface area is 218 Å². The van der Waals surface area contributed by atoms with E-state index in [1.807, 2.05) is 60.7 Å². The van der Waals surface area contributed by atoms with E-state index in [4.69, 9.17) is 5.26 Å². The quantitative estimate of drug-likeness (QED) is 0.0578. The highest BCUT2D eigenvalue weighted by Gasteiger charge is 2.15. The molecule has 0 unspecified atom stereocenters. The molecule has 4 aromatic rings. The minimum absolute atomic E-state index is 0.238. The van der Waals surface area contributed by atoms with Crippen LogP contribution < -0.4 is 16.0 Å². The summed E-state index contributed by atoms with van der Waals surface area (Å²) in [5.74, 6) is 0. The molecule has 0 aliphatic rings. The van der Waals surface area contributed by atoms with Crippen molar-refractivity contribution in [2.45, 2.75) is 9.79 Å². The summed E-state index contributed by atoms with van der Waals surface area (Å²) in [6.45, 7) is 3.60. The molecule has 0 atom stereocenters. The highest BCUT2D eigenvalue weighted by molar-refractivity contribution is 7.94. The Morgan fingerprint density at radius 1 is 0.730 bits per heavy atom. The molecule has 4 rings (SSSR count). The van der Waals surface area contributed by atoms with Gasteiger partial charge in [-0.3, -0.25) is 4.55 Å². The van der Waals surface area contributed by atoms with E-state index in [1.54, 1.807) is 24.3 Å². The Hall–Kier alpha value is -3.84. The van der Waals surface area contributed by atoms with E-state index in [9.17, 15) is 13.0 Å². The maximum absolute atomic E-state index is 11.8. The van der Waals surface area contributed by atoms with Crippen LogP contribution in [0.2, 0.25) is 0 Å². The van der Waals surface area contributed by atoms with Crippen LogP contribution in [0.5, 0.6) is 0 Å². The second-order valence-corrected chi connectivity index (χ2v) is 9.89. The number of benzene rings is 4. The number of nitrogens with one attached hydrogen (secondary N) is 3. The van der Waals surface area contributed by atoms with Gasteiger partial charge in [0.1, 0.15) is 4.90 Å². The summed E-state index contributed by atoms with van der Waals surface area (Å²) >= 11 is 0.861. The lowest BCUT2D eigenvalue weighted by atomic mass is 10.1. The molecule has 0 aromatic heterocycles. The highest BCUT2D eigenvalue weighted by atomic mass is 32.2. The maximum atomic E-state index is 11.8.